The summed E-state index contributed by atoms with van der Waals surface area (Å²) in [6, 6.07) is 12.4. The third kappa shape index (κ3) is 3.77. The van der Waals surface area contributed by atoms with Crippen molar-refractivity contribution >= 4 is 5.82 Å². The van der Waals surface area contributed by atoms with Crippen molar-refractivity contribution in [3.63, 3.8) is 0 Å². The predicted octanol–water partition coefficient (Wildman–Crippen LogP) is 3.67. The van der Waals surface area contributed by atoms with Crippen LogP contribution in [0.15, 0.2) is 55.0 Å². The molecule has 4 rings (SSSR count). The Balaban J connectivity index is 1.40. The van der Waals surface area contributed by atoms with Gasteiger partial charge in [-0.15, -0.1) is 0 Å². The van der Waals surface area contributed by atoms with Gasteiger partial charge in [-0.1, -0.05) is 30.3 Å². The quantitative estimate of drug-likeness (QED) is 0.706. The highest BCUT2D eigenvalue weighted by atomic mass is 15.3. The molecule has 2 aromatic heterocycles. The lowest BCUT2D eigenvalue weighted by atomic mass is 9.91. The van der Waals surface area contributed by atoms with E-state index < -0.39 is 0 Å². The molecule has 134 valence electrons. The highest BCUT2D eigenvalue weighted by molar-refractivity contribution is 5.39. The van der Waals surface area contributed by atoms with E-state index >= 15 is 0 Å². The minimum Gasteiger partial charge on any atom is -0.356 e. The van der Waals surface area contributed by atoms with Gasteiger partial charge in [0.2, 0.25) is 0 Å². The summed E-state index contributed by atoms with van der Waals surface area (Å²) in [6.07, 6.45) is 9.19. The fraction of sp³-hybridized carbons (Fsp3) is 0.381. The second kappa shape index (κ2) is 7.68. The standard InChI is InChI=1S/C21H25N5/c1-2-26-16-19(15-23-26)18-9-12-25(13-10-18)21-8-11-22-20(24-21)14-17-6-4-3-5-7-17/h3-8,11,15-16,18H,2,9-10,12-14H2,1H3. The van der Waals surface area contributed by atoms with Crippen molar-refractivity contribution in [3.8, 4) is 0 Å². The average Bonchev–Trinajstić information content (AvgIpc) is 3.18. The van der Waals surface area contributed by atoms with Crippen LogP contribution >= 0.6 is 0 Å². The third-order valence-corrected chi connectivity index (χ3v) is 5.16. The van der Waals surface area contributed by atoms with Crippen molar-refractivity contribution in [2.24, 2.45) is 0 Å². The van der Waals surface area contributed by atoms with Crippen LogP contribution in [-0.4, -0.2) is 32.8 Å². The average molecular weight is 347 g/mol. The Kier molecular flexibility index (Phi) is 4.95. The number of aromatic nitrogens is 4. The van der Waals surface area contributed by atoms with Crippen LogP contribution in [0.2, 0.25) is 0 Å². The van der Waals surface area contributed by atoms with E-state index in [0.29, 0.717) is 5.92 Å². The van der Waals surface area contributed by atoms with Gasteiger partial charge in [-0.2, -0.15) is 5.10 Å². The van der Waals surface area contributed by atoms with Crippen LogP contribution in [0.25, 0.3) is 0 Å². The maximum absolute atomic E-state index is 4.81. The summed E-state index contributed by atoms with van der Waals surface area (Å²) < 4.78 is 2.02. The monoisotopic (exact) mass is 347 g/mol. The van der Waals surface area contributed by atoms with Crippen LogP contribution in [0, 0.1) is 0 Å². The SMILES string of the molecule is CCn1cc(C2CCN(c3ccnc(Cc4ccccc4)n3)CC2)cn1. The molecule has 0 radical (unpaired) electrons. The number of benzene rings is 1. The Morgan fingerprint density at radius 2 is 1.88 bits per heavy atom. The molecule has 1 aromatic carbocycles. The lowest BCUT2D eigenvalue weighted by Crippen LogP contribution is -2.33. The fourth-order valence-electron chi connectivity index (χ4n) is 3.63. The Morgan fingerprint density at radius 1 is 1.08 bits per heavy atom. The second-order valence-corrected chi connectivity index (χ2v) is 6.88. The van der Waals surface area contributed by atoms with Crippen LogP contribution < -0.4 is 4.90 Å². The summed E-state index contributed by atoms with van der Waals surface area (Å²) in [5.74, 6) is 2.55. The first kappa shape index (κ1) is 16.8. The second-order valence-electron chi connectivity index (χ2n) is 6.88. The van der Waals surface area contributed by atoms with Crippen molar-refractivity contribution in [1.82, 2.24) is 19.7 Å². The van der Waals surface area contributed by atoms with E-state index in [2.05, 4.69) is 52.4 Å². The molecule has 1 aliphatic heterocycles. The van der Waals surface area contributed by atoms with Gasteiger partial charge in [0.05, 0.1) is 6.20 Å². The highest BCUT2D eigenvalue weighted by Gasteiger charge is 2.22. The Labute approximate surface area is 154 Å². The molecule has 0 amide bonds. The van der Waals surface area contributed by atoms with Gasteiger partial charge in [-0.25, -0.2) is 9.97 Å². The largest absolute Gasteiger partial charge is 0.356 e. The Hall–Kier alpha value is -2.69. The Bertz CT molecular complexity index is 834. The number of piperidine rings is 1. The smallest absolute Gasteiger partial charge is 0.135 e. The van der Waals surface area contributed by atoms with Crippen molar-refractivity contribution in [1.29, 1.82) is 0 Å². The molecular weight excluding hydrogens is 322 g/mol. The van der Waals surface area contributed by atoms with E-state index in [1.165, 1.54) is 11.1 Å². The highest BCUT2D eigenvalue weighted by Crippen LogP contribution is 2.29. The van der Waals surface area contributed by atoms with Gasteiger partial charge in [0.1, 0.15) is 11.6 Å². The predicted molar refractivity (Wildman–Crippen MR) is 103 cm³/mol. The van der Waals surface area contributed by atoms with Gasteiger partial charge in [0.25, 0.3) is 0 Å². The molecule has 5 heteroatoms. The minimum absolute atomic E-state index is 0.608. The summed E-state index contributed by atoms with van der Waals surface area (Å²) in [7, 11) is 0. The van der Waals surface area contributed by atoms with Crippen molar-refractivity contribution < 1.29 is 0 Å². The summed E-state index contributed by atoms with van der Waals surface area (Å²) >= 11 is 0. The molecule has 3 heterocycles. The maximum Gasteiger partial charge on any atom is 0.135 e. The molecular formula is C21H25N5. The molecule has 3 aromatic rings. The number of anilines is 1. The molecule has 1 fully saturated rings. The van der Waals surface area contributed by atoms with Gasteiger partial charge in [0, 0.05) is 38.4 Å². The fourth-order valence-corrected chi connectivity index (χ4v) is 3.63. The molecule has 1 aliphatic rings. The first-order valence-electron chi connectivity index (χ1n) is 9.45. The number of hydrogen-bond acceptors (Lipinski definition) is 4. The molecule has 0 bridgehead atoms. The number of hydrogen-bond donors (Lipinski definition) is 0. The minimum atomic E-state index is 0.608. The molecule has 0 unspecified atom stereocenters. The summed E-state index contributed by atoms with van der Waals surface area (Å²) in [5.41, 5.74) is 2.62. The maximum atomic E-state index is 4.81. The molecule has 26 heavy (non-hydrogen) atoms. The van der Waals surface area contributed by atoms with E-state index in [1.54, 1.807) is 0 Å². The van der Waals surface area contributed by atoms with Crippen molar-refractivity contribution in [2.45, 2.75) is 38.6 Å². The van der Waals surface area contributed by atoms with Gasteiger partial charge in [-0.3, -0.25) is 4.68 Å². The van der Waals surface area contributed by atoms with Crippen LogP contribution in [0.5, 0.6) is 0 Å². The van der Waals surface area contributed by atoms with E-state index in [-0.39, 0.29) is 0 Å². The Morgan fingerprint density at radius 3 is 2.62 bits per heavy atom. The van der Waals surface area contributed by atoms with Gasteiger partial charge >= 0.3 is 0 Å². The van der Waals surface area contributed by atoms with E-state index in [9.17, 15) is 0 Å². The zero-order valence-electron chi connectivity index (χ0n) is 15.3. The zero-order valence-corrected chi connectivity index (χ0v) is 15.3. The summed E-state index contributed by atoms with van der Waals surface area (Å²) in [5, 5.41) is 4.42. The van der Waals surface area contributed by atoms with Crippen LogP contribution in [0.4, 0.5) is 5.82 Å². The van der Waals surface area contributed by atoms with E-state index in [0.717, 1.165) is 50.5 Å². The summed E-state index contributed by atoms with van der Waals surface area (Å²) in [6.45, 7) is 5.12. The molecule has 0 saturated carbocycles. The van der Waals surface area contributed by atoms with Gasteiger partial charge < -0.3 is 4.90 Å². The lowest BCUT2D eigenvalue weighted by Gasteiger charge is -2.32. The molecule has 5 nitrogen and oxygen atoms in total. The molecule has 0 N–H and O–H groups in total. The van der Waals surface area contributed by atoms with Crippen molar-refractivity contribution in [3.05, 3.63) is 71.9 Å². The number of nitrogens with zero attached hydrogens (tertiary/aromatic N) is 5. The van der Waals surface area contributed by atoms with Gasteiger partial charge in [0.15, 0.2) is 0 Å². The normalized spacial score (nSPS) is 15.3. The number of aryl methyl sites for hydroxylation is 1. The molecule has 1 saturated heterocycles. The first-order chi connectivity index (χ1) is 12.8. The molecule has 0 spiro atoms. The topological polar surface area (TPSA) is 46.8 Å². The van der Waals surface area contributed by atoms with Crippen LogP contribution in [0.3, 0.4) is 0 Å². The molecule has 0 aliphatic carbocycles. The van der Waals surface area contributed by atoms with E-state index in [4.69, 9.17) is 4.98 Å². The third-order valence-electron chi connectivity index (χ3n) is 5.16. The molecule has 0 atom stereocenters. The van der Waals surface area contributed by atoms with Crippen molar-refractivity contribution in [2.75, 3.05) is 18.0 Å². The van der Waals surface area contributed by atoms with Crippen LogP contribution in [0.1, 0.15) is 42.6 Å². The summed E-state index contributed by atoms with van der Waals surface area (Å²) in [4.78, 5) is 11.6. The number of rotatable bonds is 5. The zero-order chi connectivity index (χ0) is 17.8. The first-order valence-corrected chi connectivity index (χ1v) is 9.45. The van der Waals surface area contributed by atoms with Gasteiger partial charge in [-0.05, 0) is 42.9 Å². The van der Waals surface area contributed by atoms with E-state index in [1.807, 2.05) is 29.2 Å². The lowest BCUT2D eigenvalue weighted by molar-refractivity contribution is 0.501. The van der Waals surface area contributed by atoms with Crippen LogP contribution in [-0.2, 0) is 13.0 Å².